The Balaban J connectivity index is 0.000000584. The van der Waals surface area contributed by atoms with Gasteiger partial charge in [-0.25, -0.2) is 0 Å². The number of likely N-dealkylation sites (N-methyl/N-ethyl adjacent to an activating group) is 1. The van der Waals surface area contributed by atoms with E-state index in [1.54, 1.807) is 0 Å². The normalized spacial score (nSPS) is 21.4. The van der Waals surface area contributed by atoms with E-state index in [4.69, 9.17) is 5.11 Å². The number of aliphatic carboxylic acids is 1. The number of aliphatic hydroxyl groups is 2. The molecule has 0 aromatic carbocycles. The van der Waals surface area contributed by atoms with Gasteiger partial charge in [0, 0.05) is 11.9 Å². The molecule has 0 radical (unpaired) electrons. The zero-order chi connectivity index (χ0) is 19.6. The summed E-state index contributed by atoms with van der Waals surface area (Å²) in [7, 11) is 2.16. The number of hydrogen-bond donors (Lipinski definition) is 2. The first-order valence-electron chi connectivity index (χ1n) is 10.7. The van der Waals surface area contributed by atoms with E-state index in [0.717, 1.165) is 69.1 Å². The second-order valence-electron chi connectivity index (χ2n) is 8.56. The van der Waals surface area contributed by atoms with Gasteiger partial charge in [0.1, 0.15) is 6.54 Å². The van der Waals surface area contributed by atoms with E-state index in [1.807, 2.05) is 0 Å². The van der Waals surface area contributed by atoms with Gasteiger partial charge in [-0.3, -0.25) is 0 Å². The molecular formula is C21H41BrNO4-. The number of aliphatic hydroxyl groups excluding tert-OH is 1. The number of carboxylic acid groups (broad SMARTS) is 1. The first kappa shape index (κ1) is 26.8. The van der Waals surface area contributed by atoms with Crippen LogP contribution >= 0.6 is 0 Å². The number of halogens is 1. The van der Waals surface area contributed by atoms with Crippen LogP contribution in [0.5, 0.6) is 0 Å². The first-order valence-corrected chi connectivity index (χ1v) is 10.7. The van der Waals surface area contributed by atoms with Crippen LogP contribution in [0.15, 0.2) is 0 Å². The lowest BCUT2D eigenvalue weighted by atomic mass is 9.67. The number of carbonyl (C=O) groups is 1. The Labute approximate surface area is 176 Å². The number of nitrogens with zero attached hydrogens (tertiary/aromatic N) is 1. The lowest BCUT2D eigenvalue weighted by Crippen LogP contribution is -3.00. The van der Waals surface area contributed by atoms with Gasteiger partial charge in [-0.1, -0.05) is 38.5 Å². The standard InChI is InChI=1S/C14H24O3.C7H18NO.BrH/c15-13(16)12(11-7-3-1-4-8-11)14(17)9-5-2-6-10-14;1-4-8(3,5-2)6-7-9;/h11-12,17H,1-10H2,(H,15,16);9H,4-7H2,1-3H3;1H/q;+1;/p-2. The summed E-state index contributed by atoms with van der Waals surface area (Å²) in [6.45, 7) is 7.71. The average Bonchev–Trinajstić information content (AvgIpc) is 2.63. The van der Waals surface area contributed by atoms with Crippen molar-refractivity contribution in [2.75, 3.05) is 33.3 Å². The van der Waals surface area contributed by atoms with Crippen LogP contribution in [0.3, 0.4) is 0 Å². The Hall–Kier alpha value is -0.170. The van der Waals surface area contributed by atoms with Crippen LogP contribution in [0.4, 0.5) is 0 Å². The third-order valence-electron chi connectivity index (χ3n) is 6.84. The zero-order valence-corrected chi connectivity index (χ0v) is 19.2. The molecular weight excluding hydrogens is 410 g/mol. The monoisotopic (exact) mass is 450 g/mol. The smallest absolute Gasteiger partial charge is 0.102 e. The quantitative estimate of drug-likeness (QED) is 0.492. The second-order valence-corrected chi connectivity index (χ2v) is 8.56. The zero-order valence-electron chi connectivity index (χ0n) is 17.6. The van der Waals surface area contributed by atoms with E-state index in [-0.39, 0.29) is 22.9 Å². The summed E-state index contributed by atoms with van der Waals surface area (Å²) in [5.41, 5.74) is -0.987. The van der Waals surface area contributed by atoms with E-state index in [9.17, 15) is 15.0 Å². The molecule has 27 heavy (non-hydrogen) atoms. The summed E-state index contributed by atoms with van der Waals surface area (Å²) in [6, 6.07) is 0. The predicted octanol–water partition coefficient (Wildman–Crippen LogP) is -0.903. The van der Waals surface area contributed by atoms with Crippen LogP contribution in [0, 0.1) is 11.8 Å². The molecule has 162 valence electrons. The summed E-state index contributed by atoms with van der Waals surface area (Å²) >= 11 is 0. The summed E-state index contributed by atoms with van der Waals surface area (Å²) in [5.74, 6) is -1.53. The molecule has 0 spiro atoms. The SMILES string of the molecule is CC[N+](C)(CC)CCO.O=C([O-])C(C1CCCCC1)C1(O)CCCCC1.[Br-]. The van der Waals surface area contributed by atoms with E-state index in [0.29, 0.717) is 19.4 Å². The maximum absolute atomic E-state index is 11.4. The molecule has 5 nitrogen and oxygen atoms in total. The van der Waals surface area contributed by atoms with Gasteiger partial charge in [-0.15, -0.1) is 0 Å². The van der Waals surface area contributed by atoms with E-state index in [2.05, 4.69) is 20.9 Å². The molecule has 2 fully saturated rings. The summed E-state index contributed by atoms with van der Waals surface area (Å²) < 4.78 is 0.983. The number of carbonyl (C=O) groups excluding carboxylic acids is 1. The molecule has 2 aliphatic carbocycles. The average molecular weight is 451 g/mol. The Kier molecular flexibility index (Phi) is 13.0. The molecule has 0 saturated heterocycles. The van der Waals surface area contributed by atoms with Gasteiger partial charge in [-0.05, 0) is 45.4 Å². The molecule has 0 heterocycles. The van der Waals surface area contributed by atoms with Gasteiger partial charge >= 0.3 is 0 Å². The molecule has 2 saturated carbocycles. The Morgan fingerprint density at radius 3 is 1.93 bits per heavy atom. The molecule has 0 aromatic rings. The maximum atomic E-state index is 11.4. The van der Waals surface area contributed by atoms with Crippen LogP contribution < -0.4 is 22.1 Å². The third kappa shape index (κ3) is 8.38. The van der Waals surface area contributed by atoms with Gasteiger partial charge < -0.3 is 41.6 Å². The van der Waals surface area contributed by atoms with E-state index >= 15 is 0 Å². The highest BCUT2D eigenvalue weighted by Gasteiger charge is 2.42. The fraction of sp³-hybridized carbons (Fsp3) is 0.952. The maximum Gasteiger partial charge on any atom is 0.102 e. The van der Waals surface area contributed by atoms with Crippen molar-refractivity contribution in [3.63, 3.8) is 0 Å². The van der Waals surface area contributed by atoms with Crippen LogP contribution in [0.25, 0.3) is 0 Å². The minimum Gasteiger partial charge on any atom is -1.00 e. The van der Waals surface area contributed by atoms with Crippen LogP contribution in [0.2, 0.25) is 0 Å². The van der Waals surface area contributed by atoms with Crippen molar-refractivity contribution in [2.45, 2.75) is 83.7 Å². The molecule has 0 amide bonds. The highest BCUT2D eigenvalue weighted by molar-refractivity contribution is 5.69. The minimum atomic E-state index is -1.03. The van der Waals surface area contributed by atoms with Crippen LogP contribution in [-0.4, -0.2) is 59.6 Å². The Morgan fingerprint density at radius 2 is 1.56 bits per heavy atom. The lowest BCUT2D eigenvalue weighted by molar-refractivity contribution is -0.906. The molecule has 2 aliphatic rings. The summed E-state index contributed by atoms with van der Waals surface area (Å²) in [5, 5.41) is 30.7. The van der Waals surface area contributed by atoms with Crippen molar-refractivity contribution in [1.29, 1.82) is 0 Å². The van der Waals surface area contributed by atoms with Crippen molar-refractivity contribution >= 4 is 5.97 Å². The molecule has 2 rings (SSSR count). The molecule has 6 heteroatoms. The number of rotatable bonds is 7. The number of quaternary nitrogens is 1. The van der Waals surface area contributed by atoms with Crippen molar-refractivity contribution in [3.05, 3.63) is 0 Å². The molecule has 1 unspecified atom stereocenters. The second kappa shape index (κ2) is 13.1. The van der Waals surface area contributed by atoms with Crippen molar-refractivity contribution in [2.24, 2.45) is 11.8 Å². The lowest BCUT2D eigenvalue weighted by Gasteiger charge is -2.44. The summed E-state index contributed by atoms with van der Waals surface area (Å²) in [6.07, 6.45) is 9.60. The van der Waals surface area contributed by atoms with E-state index < -0.39 is 17.5 Å². The first-order chi connectivity index (χ1) is 12.3. The fourth-order valence-corrected chi connectivity index (χ4v) is 4.57. The number of carboxylic acids is 1. The fourth-order valence-electron chi connectivity index (χ4n) is 4.57. The van der Waals surface area contributed by atoms with Crippen LogP contribution in [0.1, 0.15) is 78.1 Å². The molecule has 0 aliphatic heterocycles. The largest absolute Gasteiger partial charge is 1.00 e. The Morgan fingerprint density at radius 1 is 1.07 bits per heavy atom. The van der Waals surface area contributed by atoms with Gasteiger partial charge in [0.05, 0.1) is 32.3 Å². The van der Waals surface area contributed by atoms with Gasteiger partial charge in [0.2, 0.25) is 0 Å². The third-order valence-corrected chi connectivity index (χ3v) is 6.84. The minimum absolute atomic E-state index is 0. The highest BCUT2D eigenvalue weighted by Crippen LogP contribution is 2.42. The molecule has 0 aromatic heterocycles. The molecule has 1 atom stereocenters. The Bertz CT molecular complexity index is 403. The van der Waals surface area contributed by atoms with Gasteiger partial charge in [0.25, 0.3) is 0 Å². The molecule has 0 bridgehead atoms. The van der Waals surface area contributed by atoms with Crippen LogP contribution in [-0.2, 0) is 4.79 Å². The topological polar surface area (TPSA) is 80.6 Å². The molecule has 2 N–H and O–H groups in total. The van der Waals surface area contributed by atoms with E-state index in [1.165, 1.54) is 6.42 Å². The van der Waals surface area contributed by atoms with Crippen molar-refractivity contribution in [3.8, 4) is 0 Å². The summed E-state index contributed by atoms with van der Waals surface area (Å²) in [4.78, 5) is 11.4. The highest BCUT2D eigenvalue weighted by atomic mass is 79.9. The van der Waals surface area contributed by atoms with Crippen molar-refractivity contribution < 1.29 is 41.6 Å². The number of hydrogen-bond acceptors (Lipinski definition) is 4. The van der Waals surface area contributed by atoms with Gasteiger partial charge in [-0.2, -0.15) is 0 Å². The van der Waals surface area contributed by atoms with Crippen molar-refractivity contribution in [1.82, 2.24) is 0 Å². The predicted molar refractivity (Wildman–Crippen MR) is 102 cm³/mol. The van der Waals surface area contributed by atoms with Gasteiger partial charge in [0.15, 0.2) is 0 Å².